The fourth-order valence-corrected chi connectivity index (χ4v) is 4.06. The highest BCUT2D eigenvalue weighted by Gasteiger charge is 2.28. The summed E-state index contributed by atoms with van der Waals surface area (Å²) >= 11 is 3.32. The average Bonchev–Trinajstić information content (AvgIpc) is 2.51. The summed E-state index contributed by atoms with van der Waals surface area (Å²) in [5.74, 6) is 0.716. The van der Waals surface area contributed by atoms with Gasteiger partial charge >= 0.3 is 0 Å². The SMILES string of the molecule is Fc1cc(Br)ccc1CN1CCNC(C2CCCCC2)C1. The van der Waals surface area contributed by atoms with Crippen LogP contribution in [0.4, 0.5) is 4.39 Å². The molecule has 116 valence electrons. The molecule has 3 rings (SSSR count). The molecule has 2 fully saturated rings. The van der Waals surface area contributed by atoms with E-state index in [1.165, 1.54) is 32.1 Å². The fraction of sp³-hybridized carbons (Fsp3) is 0.647. The van der Waals surface area contributed by atoms with Crippen LogP contribution in [0, 0.1) is 11.7 Å². The van der Waals surface area contributed by atoms with Gasteiger partial charge in [-0.15, -0.1) is 0 Å². The lowest BCUT2D eigenvalue weighted by atomic mass is 9.83. The second kappa shape index (κ2) is 7.21. The first-order valence-corrected chi connectivity index (χ1v) is 8.91. The highest BCUT2D eigenvalue weighted by Crippen LogP contribution is 2.28. The number of hydrogen-bond donors (Lipinski definition) is 1. The fourth-order valence-electron chi connectivity index (χ4n) is 3.73. The minimum absolute atomic E-state index is 0.0999. The molecule has 1 aliphatic heterocycles. The van der Waals surface area contributed by atoms with E-state index in [1.807, 2.05) is 12.1 Å². The van der Waals surface area contributed by atoms with Gasteiger partial charge in [-0.1, -0.05) is 41.3 Å². The monoisotopic (exact) mass is 354 g/mol. The Labute approximate surface area is 135 Å². The summed E-state index contributed by atoms with van der Waals surface area (Å²) in [6.45, 7) is 3.82. The quantitative estimate of drug-likeness (QED) is 0.884. The first-order valence-electron chi connectivity index (χ1n) is 8.12. The number of halogens is 2. The molecule has 1 atom stereocenters. The lowest BCUT2D eigenvalue weighted by molar-refractivity contribution is 0.140. The van der Waals surface area contributed by atoms with Crippen molar-refractivity contribution in [1.29, 1.82) is 0 Å². The normalized spacial score (nSPS) is 25.1. The van der Waals surface area contributed by atoms with E-state index in [0.717, 1.165) is 42.1 Å². The number of benzene rings is 1. The lowest BCUT2D eigenvalue weighted by Crippen LogP contribution is -2.53. The van der Waals surface area contributed by atoms with Crippen LogP contribution in [0.2, 0.25) is 0 Å². The molecule has 0 aromatic heterocycles. The first kappa shape index (κ1) is 15.4. The minimum atomic E-state index is -0.0999. The number of piperazine rings is 1. The molecule has 0 amide bonds. The topological polar surface area (TPSA) is 15.3 Å². The van der Waals surface area contributed by atoms with Crippen molar-refractivity contribution in [3.05, 3.63) is 34.1 Å². The third kappa shape index (κ3) is 4.05. The van der Waals surface area contributed by atoms with Crippen LogP contribution in [0.3, 0.4) is 0 Å². The second-order valence-corrected chi connectivity index (χ2v) is 7.35. The lowest BCUT2D eigenvalue weighted by Gasteiger charge is -2.39. The van der Waals surface area contributed by atoms with Crippen LogP contribution in [0.5, 0.6) is 0 Å². The van der Waals surface area contributed by atoms with E-state index >= 15 is 0 Å². The van der Waals surface area contributed by atoms with Crippen molar-refractivity contribution in [1.82, 2.24) is 10.2 Å². The van der Waals surface area contributed by atoms with E-state index in [9.17, 15) is 4.39 Å². The molecule has 1 unspecified atom stereocenters. The Bertz CT molecular complexity index is 474. The van der Waals surface area contributed by atoms with Gasteiger partial charge in [-0.3, -0.25) is 4.90 Å². The Hall–Kier alpha value is -0.450. The van der Waals surface area contributed by atoms with Crippen LogP contribution in [0.25, 0.3) is 0 Å². The van der Waals surface area contributed by atoms with Crippen molar-refractivity contribution >= 4 is 15.9 Å². The highest BCUT2D eigenvalue weighted by atomic mass is 79.9. The molecule has 2 nitrogen and oxygen atoms in total. The Morgan fingerprint density at radius 3 is 2.81 bits per heavy atom. The van der Waals surface area contributed by atoms with E-state index in [-0.39, 0.29) is 5.82 Å². The van der Waals surface area contributed by atoms with Gasteiger partial charge < -0.3 is 5.32 Å². The molecule has 21 heavy (non-hydrogen) atoms. The molecule has 1 saturated carbocycles. The minimum Gasteiger partial charge on any atom is -0.311 e. The van der Waals surface area contributed by atoms with Crippen molar-refractivity contribution in [2.45, 2.75) is 44.7 Å². The standard InChI is InChI=1S/C17H24BrFN2/c18-15-7-6-14(16(19)10-15)11-21-9-8-20-17(12-21)13-4-2-1-3-5-13/h6-7,10,13,17,20H,1-5,8-9,11-12H2. The maximum atomic E-state index is 14.0. The third-order valence-corrected chi connectivity index (χ3v) is 5.41. The van der Waals surface area contributed by atoms with Gasteiger partial charge in [-0.2, -0.15) is 0 Å². The Morgan fingerprint density at radius 1 is 1.24 bits per heavy atom. The number of nitrogens with zero attached hydrogens (tertiary/aromatic N) is 1. The van der Waals surface area contributed by atoms with Gasteiger partial charge in [0.05, 0.1) is 0 Å². The van der Waals surface area contributed by atoms with Crippen molar-refractivity contribution in [3.63, 3.8) is 0 Å². The summed E-state index contributed by atoms with van der Waals surface area (Å²) < 4.78 is 14.8. The summed E-state index contributed by atoms with van der Waals surface area (Å²) in [6.07, 6.45) is 6.88. The van der Waals surface area contributed by atoms with Crippen molar-refractivity contribution in [3.8, 4) is 0 Å². The first-order chi connectivity index (χ1) is 10.2. The number of nitrogens with one attached hydrogen (secondary N) is 1. The van der Waals surface area contributed by atoms with E-state index < -0.39 is 0 Å². The molecule has 1 heterocycles. The number of hydrogen-bond acceptors (Lipinski definition) is 2. The van der Waals surface area contributed by atoms with Crippen molar-refractivity contribution < 1.29 is 4.39 Å². The molecule has 0 bridgehead atoms. The summed E-state index contributed by atoms with van der Waals surface area (Å²) in [6, 6.07) is 5.99. The molecule has 2 aliphatic rings. The Morgan fingerprint density at radius 2 is 2.05 bits per heavy atom. The van der Waals surface area contributed by atoms with Crippen LogP contribution in [0.1, 0.15) is 37.7 Å². The summed E-state index contributed by atoms with van der Waals surface area (Å²) in [7, 11) is 0. The van der Waals surface area contributed by atoms with Crippen molar-refractivity contribution in [2.24, 2.45) is 5.92 Å². The van der Waals surface area contributed by atoms with Crippen LogP contribution >= 0.6 is 15.9 Å². The molecule has 1 aliphatic carbocycles. The summed E-state index contributed by atoms with van der Waals surface area (Å²) in [5.41, 5.74) is 0.808. The number of rotatable bonds is 3. The van der Waals surface area contributed by atoms with Gasteiger partial charge in [-0.25, -0.2) is 4.39 Å². The van der Waals surface area contributed by atoms with Gasteiger partial charge in [0.25, 0.3) is 0 Å². The average molecular weight is 355 g/mol. The molecule has 1 aromatic rings. The van der Waals surface area contributed by atoms with Crippen LogP contribution in [-0.2, 0) is 6.54 Å². The summed E-state index contributed by atoms with van der Waals surface area (Å²) in [5, 5.41) is 3.69. The van der Waals surface area contributed by atoms with Crippen LogP contribution in [-0.4, -0.2) is 30.6 Å². The maximum absolute atomic E-state index is 14.0. The van der Waals surface area contributed by atoms with Gasteiger partial charge in [0, 0.05) is 42.3 Å². The zero-order valence-corrected chi connectivity index (χ0v) is 14.0. The van der Waals surface area contributed by atoms with Crippen LogP contribution in [0.15, 0.2) is 22.7 Å². The Balaban J connectivity index is 1.60. The molecule has 0 radical (unpaired) electrons. The van der Waals surface area contributed by atoms with Gasteiger partial charge in [-0.05, 0) is 30.9 Å². The molecule has 1 saturated heterocycles. The molecule has 1 aromatic carbocycles. The zero-order valence-electron chi connectivity index (χ0n) is 12.5. The molecular formula is C17H24BrFN2. The maximum Gasteiger partial charge on any atom is 0.128 e. The molecule has 1 N–H and O–H groups in total. The predicted octanol–water partition coefficient (Wildman–Crippen LogP) is 3.94. The Kier molecular flexibility index (Phi) is 5.30. The predicted molar refractivity (Wildman–Crippen MR) is 87.7 cm³/mol. The largest absolute Gasteiger partial charge is 0.311 e. The molecular weight excluding hydrogens is 331 g/mol. The second-order valence-electron chi connectivity index (χ2n) is 6.43. The highest BCUT2D eigenvalue weighted by molar-refractivity contribution is 9.10. The third-order valence-electron chi connectivity index (χ3n) is 4.92. The van der Waals surface area contributed by atoms with E-state index in [0.29, 0.717) is 6.04 Å². The smallest absolute Gasteiger partial charge is 0.128 e. The van der Waals surface area contributed by atoms with Crippen LogP contribution < -0.4 is 5.32 Å². The molecule has 0 spiro atoms. The van der Waals surface area contributed by atoms with E-state index in [2.05, 4.69) is 26.1 Å². The molecule has 4 heteroatoms. The summed E-state index contributed by atoms with van der Waals surface area (Å²) in [4.78, 5) is 2.40. The van der Waals surface area contributed by atoms with E-state index in [4.69, 9.17) is 0 Å². The van der Waals surface area contributed by atoms with Crippen molar-refractivity contribution in [2.75, 3.05) is 19.6 Å². The van der Waals surface area contributed by atoms with Gasteiger partial charge in [0.15, 0.2) is 0 Å². The zero-order chi connectivity index (χ0) is 14.7. The van der Waals surface area contributed by atoms with Gasteiger partial charge in [0.1, 0.15) is 5.82 Å². The van der Waals surface area contributed by atoms with E-state index in [1.54, 1.807) is 6.07 Å². The van der Waals surface area contributed by atoms with Gasteiger partial charge in [0.2, 0.25) is 0 Å².